The minimum Gasteiger partial charge on any atom is -0.494 e. The van der Waals surface area contributed by atoms with E-state index in [1.54, 1.807) is 0 Å². The Kier molecular flexibility index (Phi) is 8.75. The first-order chi connectivity index (χ1) is 28.0. The van der Waals surface area contributed by atoms with Crippen LogP contribution < -0.4 is 25.3 Å². The molecule has 274 valence electrons. The summed E-state index contributed by atoms with van der Waals surface area (Å²) in [6.07, 6.45) is 0.933. The Bertz CT molecular complexity index is 2730. The molecule has 0 saturated carbocycles. The molecular formula is C53H42BNO2. The minimum atomic E-state index is -0.191. The largest absolute Gasteiger partial charge is 0.494 e. The molecule has 8 aromatic rings. The quantitative estimate of drug-likeness (QED) is 0.145. The van der Waals surface area contributed by atoms with Crippen LogP contribution in [0.15, 0.2) is 194 Å². The molecule has 0 N–H and O–H groups in total. The van der Waals surface area contributed by atoms with Crippen molar-refractivity contribution in [2.24, 2.45) is 0 Å². The highest BCUT2D eigenvalue weighted by molar-refractivity contribution is 6.86. The molecule has 0 aromatic heterocycles. The van der Waals surface area contributed by atoms with Gasteiger partial charge in [0, 0.05) is 34.0 Å². The second kappa shape index (κ2) is 14.4. The summed E-state index contributed by atoms with van der Waals surface area (Å²) in [5.41, 5.74) is 15.2. The Hall–Kier alpha value is -6.78. The Morgan fingerprint density at radius 2 is 1.16 bits per heavy atom. The molecule has 0 atom stereocenters. The minimum absolute atomic E-state index is 0.191. The number of para-hydroxylation sites is 2. The van der Waals surface area contributed by atoms with Crippen LogP contribution in [0.25, 0.3) is 33.4 Å². The van der Waals surface area contributed by atoms with Crippen LogP contribution in [-0.4, -0.2) is 13.3 Å². The molecule has 10 rings (SSSR count). The number of hydrogen-bond acceptors (Lipinski definition) is 3. The fourth-order valence-corrected chi connectivity index (χ4v) is 9.09. The molecule has 8 aromatic carbocycles. The van der Waals surface area contributed by atoms with Gasteiger partial charge in [-0.05, 0) is 87.6 Å². The Balaban J connectivity index is 1.26. The van der Waals surface area contributed by atoms with Crippen molar-refractivity contribution >= 4 is 34.7 Å². The van der Waals surface area contributed by atoms with Crippen LogP contribution in [0.4, 0.5) is 17.1 Å². The first kappa shape index (κ1) is 34.7. The van der Waals surface area contributed by atoms with Crippen LogP contribution in [0.2, 0.25) is 6.32 Å². The molecule has 0 amide bonds. The average Bonchev–Trinajstić information content (AvgIpc) is 3.50. The first-order valence-electron chi connectivity index (χ1n) is 19.9. The molecule has 1 aliphatic carbocycles. The Labute approximate surface area is 335 Å². The lowest BCUT2D eigenvalue weighted by Gasteiger charge is -2.32. The van der Waals surface area contributed by atoms with Gasteiger partial charge in [0.15, 0.2) is 0 Å². The van der Waals surface area contributed by atoms with Crippen LogP contribution in [0, 0.1) is 0 Å². The van der Waals surface area contributed by atoms with E-state index in [0.717, 1.165) is 57.3 Å². The van der Waals surface area contributed by atoms with Crippen molar-refractivity contribution in [3.8, 4) is 50.6 Å². The van der Waals surface area contributed by atoms with Crippen molar-refractivity contribution in [3.63, 3.8) is 0 Å². The van der Waals surface area contributed by atoms with Crippen molar-refractivity contribution in [2.75, 3.05) is 11.5 Å². The normalized spacial score (nSPS) is 13.5. The highest BCUT2D eigenvalue weighted by Gasteiger charge is 2.40. The predicted octanol–water partition coefficient (Wildman–Crippen LogP) is 12.6. The Morgan fingerprint density at radius 3 is 1.96 bits per heavy atom. The predicted molar refractivity (Wildman–Crippen MR) is 238 cm³/mol. The molecule has 0 unspecified atom stereocenters. The second-order valence-corrected chi connectivity index (χ2v) is 15.5. The molecule has 4 heteroatoms. The van der Waals surface area contributed by atoms with Gasteiger partial charge in [0.05, 0.1) is 12.3 Å². The van der Waals surface area contributed by atoms with Crippen molar-refractivity contribution in [3.05, 3.63) is 205 Å². The summed E-state index contributed by atoms with van der Waals surface area (Å²) in [7, 11) is 0. The lowest BCUT2D eigenvalue weighted by atomic mass is 9.38. The third kappa shape index (κ3) is 6.19. The summed E-state index contributed by atoms with van der Waals surface area (Å²) in [6, 6.07) is 69.2. The molecule has 0 saturated heterocycles. The van der Waals surface area contributed by atoms with Gasteiger partial charge in [0.1, 0.15) is 17.2 Å². The molecular weight excluding hydrogens is 693 g/mol. The first-order valence-corrected chi connectivity index (χ1v) is 19.9. The van der Waals surface area contributed by atoms with E-state index in [4.69, 9.17) is 9.47 Å². The van der Waals surface area contributed by atoms with Crippen LogP contribution in [0.5, 0.6) is 17.2 Å². The van der Waals surface area contributed by atoms with E-state index in [0.29, 0.717) is 6.61 Å². The zero-order chi connectivity index (χ0) is 38.3. The van der Waals surface area contributed by atoms with E-state index < -0.39 is 0 Å². The van der Waals surface area contributed by atoms with Gasteiger partial charge >= 0.3 is 0 Å². The van der Waals surface area contributed by atoms with Crippen LogP contribution in [0.1, 0.15) is 25.0 Å². The topological polar surface area (TPSA) is 21.7 Å². The summed E-state index contributed by atoms with van der Waals surface area (Å²) >= 11 is 0. The van der Waals surface area contributed by atoms with E-state index in [1.807, 2.05) is 36.4 Å². The lowest BCUT2D eigenvalue weighted by Crippen LogP contribution is -2.46. The standard InChI is InChI=1S/C53H42BNO2/c1-53(2)46-29-13-12-27-44(46)50-47(53)31-32-49(51(50)45-28-16-30-48-52(45)56-34-33-54(48)39-20-8-4-9-21-39)55(40-22-14-19-38(35-40)37-17-6-3-7-18-37)41-23-15-26-43(36-41)57-42-24-10-5-11-25-42/h3-32,35-36H,33-34H2,1-2H3. The van der Waals surface area contributed by atoms with Crippen molar-refractivity contribution in [1.29, 1.82) is 0 Å². The third-order valence-electron chi connectivity index (χ3n) is 11.8. The van der Waals surface area contributed by atoms with Crippen LogP contribution in [0.3, 0.4) is 0 Å². The van der Waals surface area contributed by atoms with Gasteiger partial charge in [-0.1, -0.05) is 165 Å². The summed E-state index contributed by atoms with van der Waals surface area (Å²) in [6.45, 7) is 5.60. The molecule has 1 heterocycles. The fraction of sp³-hybridized carbons (Fsp3) is 0.0943. The van der Waals surface area contributed by atoms with Gasteiger partial charge in [-0.3, -0.25) is 0 Å². The lowest BCUT2D eigenvalue weighted by molar-refractivity contribution is 0.338. The average molecular weight is 736 g/mol. The smallest absolute Gasteiger partial charge is 0.217 e. The maximum Gasteiger partial charge on any atom is 0.217 e. The molecule has 3 nitrogen and oxygen atoms in total. The van der Waals surface area contributed by atoms with Gasteiger partial charge in [-0.2, -0.15) is 0 Å². The van der Waals surface area contributed by atoms with Gasteiger partial charge in [-0.25, -0.2) is 0 Å². The summed E-state index contributed by atoms with van der Waals surface area (Å²) < 4.78 is 13.3. The molecule has 0 radical (unpaired) electrons. The SMILES string of the molecule is CC1(C)c2ccccc2-c2c1ccc(N(c1cccc(Oc3ccccc3)c1)c1cccc(-c3ccccc3)c1)c2-c1cccc2c1OCCB2c1ccccc1. The van der Waals surface area contributed by atoms with E-state index in [1.165, 1.54) is 38.7 Å². The van der Waals surface area contributed by atoms with Crippen molar-refractivity contribution in [2.45, 2.75) is 25.6 Å². The van der Waals surface area contributed by atoms with Gasteiger partial charge < -0.3 is 14.4 Å². The number of nitrogens with zero attached hydrogens (tertiary/aromatic N) is 1. The van der Waals surface area contributed by atoms with Crippen molar-refractivity contribution in [1.82, 2.24) is 0 Å². The number of fused-ring (bicyclic) bond motifs is 4. The molecule has 57 heavy (non-hydrogen) atoms. The number of benzene rings is 8. The van der Waals surface area contributed by atoms with E-state index in [2.05, 4.69) is 176 Å². The number of ether oxygens (including phenoxy) is 2. The summed E-state index contributed by atoms with van der Waals surface area (Å²) in [4.78, 5) is 2.41. The van der Waals surface area contributed by atoms with Gasteiger partial charge in [-0.15, -0.1) is 0 Å². The van der Waals surface area contributed by atoms with E-state index in [9.17, 15) is 0 Å². The highest BCUT2D eigenvalue weighted by Crippen LogP contribution is 2.57. The summed E-state index contributed by atoms with van der Waals surface area (Å²) in [5.74, 6) is 2.53. The van der Waals surface area contributed by atoms with Crippen LogP contribution in [-0.2, 0) is 5.41 Å². The molecule has 1 aliphatic heterocycles. The fourth-order valence-electron chi connectivity index (χ4n) is 9.09. The van der Waals surface area contributed by atoms with Crippen LogP contribution >= 0.6 is 0 Å². The highest BCUT2D eigenvalue weighted by atomic mass is 16.5. The third-order valence-corrected chi connectivity index (χ3v) is 11.8. The molecule has 0 fully saturated rings. The van der Waals surface area contributed by atoms with E-state index in [-0.39, 0.29) is 12.1 Å². The number of hydrogen-bond donors (Lipinski definition) is 0. The number of anilines is 3. The zero-order valence-electron chi connectivity index (χ0n) is 32.2. The second-order valence-electron chi connectivity index (χ2n) is 15.5. The molecule has 0 bridgehead atoms. The monoisotopic (exact) mass is 735 g/mol. The Morgan fingerprint density at radius 1 is 0.526 bits per heavy atom. The zero-order valence-corrected chi connectivity index (χ0v) is 32.2. The van der Waals surface area contributed by atoms with Crippen molar-refractivity contribution < 1.29 is 9.47 Å². The molecule has 2 aliphatic rings. The summed E-state index contributed by atoms with van der Waals surface area (Å²) in [5, 5.41) is 0. The molecule has 0 spiro atoms. The number of rotatable bonds is 8. The maximum atomic E-state index is 6.83. The van der Waals surface area contributed by atoms with Gasteiger partial charge in [0.25, 0.3) is 0 Å². The maximum absolute atomic E-state index is 6.83. The van der Waals surface area contributed by atoms with E-state index >= 15 is 0 Å². The van der Waals surface area contributed by atoms with Gasteiger partial charge in [0.2, 0.25) is 6.71 Å².